The van der Waals surface area contributed by atoms with E-state index in [1.54, 1.807) is 12.1 Å². The van der Waals surface area contributed by atoms with Gasteiger partial charge in [-0.2, -0.15) is 0 Å². The van der Waals surface area contributed by atoms with Crippen molar-refractivity contribution in [2.24, 2.45) is 0 Å². The van der Waals surface area contributed by atoms with Crippen LogP contribution in [-0.2, 0) is 17.4 Å². The van der Waals surface area contributed by atoms with Crippen molar-refractivity contribution in [3.05, 3.63) is 41.2 Å². The van der Waals surface area contributed by atoms with Crippen molar-refractivity contribution < 1.29 is 133 Å². The molecule has 0 unspecified atom stereocenters. The fourth-order valence-corrected chi connectivity index (χ4v) is 2.02. The van der Waals surface area contributed by atoms with Crippen molar-refractivity contribution in [1.29, 1.82) is 0 Å². The van der Waals surface area contributed by atoms with Crippen LogP contribution < -0.4 is 109 Å². The Morgan fingerprint density at radius 1 is 1.14 bits per heavy atom. The van der Waals surface area contributed by atoms with E-state index >= 15 is 0 Å². The van der Waals surface area contributed by atoms with Crippen molar-refractivity contribution >= 4 is 58.2 Å². The maximum Gasteiger partial charge on any atom is 1.00 e. The predicted octanol–water partition coefficient (Wildman–Crippen LogP) is -2.44. The van der Waals surface area contributed by atoms with Crippen LogP contribution in [-0.4, -0.2) is 36.8 Å². The zero-order valence-corrected chi connectivity index (χ0v) is 24.8. The minimum Gasteiger partial charge on any atom is -0.870 e. The number of aromatic nitrogens is 1. The number of hydrogen-bond donors (Lipinski definition) is 5. The third kappa shape index (κ3) is 14.4. The minimum absolute atomic E-state index is 0. The van der Waals surface area contributed by atoms with Crippen molar-refractivity contribution in [2.75, 3.05) is 12.3 Å². The van der Waals surface area contributed by atoms with E-state index < -0.39 is 0 Å². The average molecular weight is 509 g/mol. The van der Waals surface area contributed by atoms with E-state index in [0.717, 1.165) is 5.52 Å². The van der Waals surface area contributed by atoms with Crippen LogP contribution in [0.25, 0.3) is 11.1 Å². The number of aromatic hydroxyl groups is 3. The number of nitrogens with two attached hydrogens (primary N) is 1. The molecule has 0 amide bonds. The summed E-state index contributed by atoms with van der Waals surface area (Å²) in [7, 11) is 0. The number of oxazole rings is 1. The molecular weight excluding hydrogens is 491 g/mol. The molecule has 0 saturated carbocycles. The van der Waals surface area contributed by atoms with E-state index in [1.807, 2.05) is 6.92 Å². The molecule has 29 heavy (non-hydrogen) atoms. The van der Waals surface area contributed by atoms with Crippen LogP contribution in [0.5, 0.6) is 17.2 Å². The molecule has 1 heterocycles. The molecule has 13 heteroatoms. The number of nitrogen functional groups attached to an aromatic ring is 1. The van der Waals surface area contributed by atoms with Crippen LogP contribution in [0, 0.1) is 4.84 Å². The molecule has 148 valence electrons. The number of anilines is 1. The van der Waals surface area contributed by atoms with E-state index in [9.17, 15) is 0 Å². The molecule has 0 aliphatic heterocycles. The number of thiocarbonyl (C=S) groups is 1. The zero-order chi connectivity index (χ0) is 19.7. The van der Waals surface area contributed by atoms with E-state index in [2.05, 4.69) is 34.6 Å². The van der Waals surface area contributed by atoms with E-state index in [-0.39, 0.29) is 136 Å². The van der Waals surface area contributed by atoms with Gasteiger partial charge in [-0.1, -0.05) is 0 Å². The van der Waals surface area contributed by atoms with E-state index in [4.69, 9.17) is 37.7 Å². The van der Waals surface area contributed by atoms with Gasteiger partial charge in [0.1, 0.15) is 17.2 Å². The molecule has 3 rings (SSSR count). The molecule has 2 aromatic carbocycles. The molecular formula is C16H18K2N2O6S3. The van der Waals surface area contributed by atoms with Crippen LogP contribution in [0.15, 0.2) is 40.8 Å². The number of rotatable bonds is 1. The molecule has 0 spiro atoms. The topological polar surface area (TPSA) is 155 Å². The summed E-state index contributed by atoms with van der Waals surface area (Å²) in [4.78, 5) is 3.15. The van der Waals surface area contributed by atoms with Gasteiger partial charge in [-0.25, -0.2) is 0 Å². The van der Waals surface area contributed by atoms with Crippen LogP contribution in [0.3, 0.4) is 0 Å². The Bertz CT molecular complexity index is 936. The van der Waals surface area contributed by atoms with Crippen LogP contribution in [0.4, 0.5) is 5.69 Å². The van der Waals surface area contributed by atoms with Gasteiger partial charge < -0.3 is 65.5 Å². The molecule has 0 radical (unpaired) electrons. The second-order valence-electron chi connectivity index (χ2n) is 4.62. The van der Waals surface area contributed by atoms with Gasteiger partial charge in [0, 0.05) is 16.5 Å². The first-order valence-electron chi connectivity index (χ1n) is 7.16. The molecule has 0 saturated heterocycles. The van der Waals surface area contributed by atoms with Crippen molar-refractivity contribution in [2.45, 2.75) is 6.92 Å². The molecule has 8 nitrogen and oxygen atoms in total. The average Bonchev–Trinajstić information content (AvgIpc) is 2.91. The summed E-state index contributed by atoms with van der Waals surface area (Å²) in [5.74, 6) is 0.104. The van der Waals surface area contributed by atoms with Gasteiger partial charge in [0.25, 0.3) is 4.84 Å². The monoisotopic (exact) mass is 508 g/mol. The largest absolute Gasteiger partial charge is 1.00 e. The van der Waals surface area contributed by atoms with Gasteiger partial charge in [0.2, 0.25) is 0 Å². The summed E-state index contributed by atoms with van der Waals surface area (Å²) in [6.07, 6.45) is 0. The van der Waals surface area contributed by atoms with Gasteiger partial charge in [0.15, 0.2) is 5.58 Å². The minimum atomic E-state index is -0.0880. The molecule has 0 bridgehead atoms. The molecule has 0 aliphatic rings. The molecule has 0 atom stereocenters. The number of benzene rings is 2. The fourth-order valence-electron chi connectivity index (χ4n) is 1.58. The van der Waals surface area contributed by atoms with E-state index in [0.29, 0.717) is 17.0 Å². The first-order chi connectivity index (χ1) is 12.2. The van der Waals surface area contributed by atoms with Gasteiger partial charge >= 0.3 is 103 Å². The van der Waals surface area contributed by atoms with Gasteiger partial charge in [-0.15, -0.1) is 0 Å². The number of ether oxygens (including phenoxy) is 1. The third-order valence-corrected chi connectivity index (χ3v) is 3.10. The van der Waals surface area contributed by atoms with Gasteiger partial charge in [-0.3, -0.25) is 0 Å². The maximum atomic E-state index is 9.03. The molecule has 1 aromatic heterocycles. The van der Waals surface area contributed by atoms with Crippen molar-refractivity contribution in [3.8, 4) is 17.2 Å². The summed E-state index contributed by atoms with van der Waals surface area (Å²) >= 11 is 13.5. The second kappa shape index (κ2) is 18.3. The second-order valence-corrected chi connectivity index (χ2v) is 5.99. The Morgan fingerprint density at radius 3 is 2.14 bits per heavy atom. The molecule has 0 aliphatic carbocycles. The number of hydrogen-bond acceptors (Lipinski definition) is 10. The van der Waals surface area contributed by atoms with Crippen LogP contribution in [0.1, 0.15) is 6.92 Å². The third-order valence-electron chi connectivity index (χ3n) is 2.68. The molecule has 7 N–H and O–H groups in total. The summed E-state index contributed by atoms with van der Waals surface area (Å²) in [6.45, 7) is 2.43. The normalized spacial score (nSPS) is 8.45. The number of H-pyrrole nitrogens is 1. The number of aromatic amines is 1. The first-order valence-corrected chi connectivity index (χ1v) is 8.38. The zero-order valence-electron chi connectivity index (χ0n) is 16.1. The summed E-state index contributed by atoms with van der Waals surface area (Å²) in [5, 5.41) is 26.6. The Hall–Kier alpha value is 0.673. The summed E-state index contributed by atoms with van der Waals surface area (Å²) in [5.41, 5.74) is 6.88. The van der Waals surface area contributed by atoms with E-state index in [1.165, 1.54) is 24.3 Å². The number of fused-ring (bicyclic) bond motifs is 1. The Morgan fingerprint density at radius 2 is 1.69 bits per heavy atom. The SMILES string of the molecule is CCOC(=S)[S-].Nc1ccc(O)cc1O.Oc1ccc2[nH]c(=S)oc2c1.[K+].[K+].[OH-]. The van der Waals surface area contributed by atoms with Crippen molar-refractivity contribution in [1.82, 2.24) is 4.98 Å². The van der Waals surface area contributed by atoms with Gasteiger partial charge in [0.05, 0.1) is 17.8 Å². The molecule has 3 aromatic rings. The number of nitrogens with one attached hydrogen (secondary N) is 1. The standard InChI is InChI=1S/C7H5NO2S.C6H7NO2.C3H6OS2.2K.H2O/c9-4-1-2-5-6(3-4)10-7(11)8-5;7-5-2-1-4(8)3-6(5)9;1-2-4-3(5)6;;;/h1-3,9H,(H,8,11);1-3,8-9H,7H2;2H2,1H3,(H,5,6);;;1H2/q;;;2*+1;/p-2. The summed E-state index contributed by atoms with van der Waals surface area (Å²) < 4.78 is 9.84. The molecule has 0 fully saturated rings. The summed E-state index contributed by atoms with van der Waals surface area (Å²) in [6, 6.07) is 8.84. The fraction of sp³-hybridized carbons (Fsp3) is 0.125. The predicted molar refractivity (Wildman–Crippen MR) is 111 cm³/mol. The number of phenolic OH excluding ortho intramolecular Hbond substituents is 3. The maximum absolute atomic E-state index is 9.03. The Labute approximate surface area is 268 Å². The number of phenols is 3. The Balaban J connectivity index is -0.000000347. The van der Waals surface area contributed by atoms with Crippen molar-refractivity contribution in [3.63, 3.8) is 0 Å². The first kappa shape index (κ1) is 34.3. The quantitative estimate of drug-likeness (QED) is 0.0598. The van der Waals surface area contributed by atoms with Crippen LogP contribution in [0.2, 0.25) is 0 Å². The Kier molecular flexibility index (Phi) is 21.6. The smallest absolute Gasteiger partial charge is 0.870 e. The van der Waals surface area contributed by atoms with Crippen LogP contribution >= 0.6 is 24.4 Å². The van der Waals surface area contributed by atoms with Gasteiger partial charge in [-0.05, 0) is 43.4 Å².